The van der Waals surface area contributed by atoms with Gasteiger partial charge < -0.3 is 18.1 Å². The van der Waals surface area contributed by atoms with Crippen LogP contribution in [0.15, 0.2) is 60.7 Å². The minimum atomic E-state index is -1.37. The molecule has 4 rings (SSSR count). The van der Waals surface area contributed by atoms with Gasteiger partial charge in [0.25, 0.3) is 0 Å². The van der Waals surface area contributed by atoms with Gasteiger partial charge in [-0.1, -0.05) is 0 Å². The van der Waals surface area contributed by atoms with Crippen LogP contribution in [0.1, 0.15) is 29.6 Å². The maximum absolute atomic E-state index is 10.3. The normalized spacial score (nSPS) is 16.6. The van der Waals surface area contributed by atoms with Crippen molar-refractivity contribution in [2.45, 2.75) is 20.4 Å². The Kier molecular flexibility index (Phi) is 10.3. The summed E-state index contributed by atoms with van der Waals surface area (Å²) in [5.41, 5.74) is 5.97. The molecule has 2 aromatic carbocycles. The standard InChI is InChI=1S/2C9H7.2C3H9NOSi.Sc/c2*1-2-5-9-7-3-6-8(9)4-1;2*1-4(2)6(3)5;/h2*1-7H;2*1-3H3;. The van der Waals surface area contributed by atoms with E-state index < -0.39 is 40.6 Å². The van der Waals surface area contributed by atoms with E-state index in [0.29, 0.717) is 0 Å². The molecule has 2 aliphatic carbocycles. The van der Waals surface area contributed by atoms with Gasteiger partial charge in [-0.3, -0.25) is 0 Å². The summed E-state index contributed by atoms with van der Waals surface area (Å²) in [6, 6.07) is 17.7. The molecule has 0 amide bonds. The molecule has 161 valence electrons. The molecule has 0 radical (unpaired) electrons. The smallest absolute Gasteiger partial charge is 0.383 e. The largest absolute Gasteiger partial charge is 0.390 e. The van der Waals surface area contributed by atoms with Crippen LogP contribution in [0.3, 0.4) is 0 Å². The van der Waals surface area contributed by atoms with Gasteiger partial charge in [-0.15, -0.1) is 0 Å². The summed E-state index contributed by atoms with van der Waals surface area (Å²) in [7, 11) is 4.49. The number of nitrogens with zero attached hydrogens (tertiary/aromatic N) is 2. The van der Waals surface area contributed by atoms with Crippen LogP contribution >= 0.6 is 0 Å². The fourth-order valence-electron chi connectivity index (χ4n) is 3.11. The van der Waals surface area contributed by atoms with Crippen molar-refractivity contribution in [2.75, 3.05) is 28.2 Å². The summed E-state index contributed by atoms with van der Waals surface area (Å²) >= 11 is -0.403. The fraction of sp³-hybridized carbons (Fsp3) is 0.333. The second-order valence-corrected chi connectivity index (χ2v) is 14.8. The third-order valence-corrected chi connectivity index (χ3v) is 11.0. The van der Waals surface area contributed by atoms with E-state index in [4.69, 9.17) is 0 Å². The van der Waals surface area contributed by atoms with Gasteiger partial charge in [-0.25, -0.2) is 0 Å². The Morgan fingerprint density at radius 1 is 0.677 bits per heavy atom. The van der Waals surface area contributed by atoms with E-state index in [-0.39, 0.29) is 0 Å². The first-order valence-electron chi connectivity index (χ1n) is 10.5. The molecule has 0 saturated carbocycles. The van der Waals surface area contributed by atoms with Crippen molar-refractivity contribution in [3.05, 3.63) is 82.9 Å². The van der Waals surface area contributed by atoms with E-state index in [9.17, 15) is 8.92 Å². The molecule has 0 fully saturated rings. The number of fused-ring (bicyclic) bond motifs is 2. The molecule has 2 unspecified atom stereocenters. The molecule has 2 aliphatic rings. The van der Waals surface area contributed by atoms with E-state index in [0.717, 1.165) is 7.35 Å². The van der Waals surface area contributed by atoms with Crippen LogP contribution < -0.4 is 0 Å². The quantitative estimate of drug-likeness (QED) is 0.589. The zero-order valence-electron chi connectivity index (χ0n) is 19.4. The van der Waals surface area contributed by atoms with E-state index in [1.54, 1.807) is 61.5 Å². The van der Waals surface area contributed by atoms with Gasteiger partial charge in [-0.2, -0.15) is 0 Å². The average molecular weight is 482 g/mol. The predicted molar refractivity (Wildman–Crippen MR) is 128 cm³/mol. The van der Waals surface area contributed by atoms with Gasteiger partial charge in [0.1, 0.15) is 0 Å². The minimum absolute atomic E-state index is 0.403. The summed E-state index contributed by atoms with van der Waals surface area (Å²) < 4.78 is 25.4. The summed E-state index contributed by atoms with van der Waals surface area (Å²) in [5, 5.41) is 0. The number of rotatable bonds is 4. The summed E-state index contributed by atoms with van der Waals surface area (Å²) in [6.07, 6.45) is 9.47. The molecule has 2 aromatic rings. The Morgan fingerprint density at radius 2 is 1.00 bits per heavy atom. The van der Waals surface area contributed by atoms with Crippen LogP contribution in [-0.4, -0.2) is 55.0 Å². The first kappa shape index (κ1) is 25.7. The second kappa shape index (κ2) is 12.5. The summed E-state index contributed by atoms with van der Waals surface area (Å²) in [5.74, 6) is 0. The third-order valence-electron chi connectivity index (χ3n) is 5.35. The van der Waals surface area contributed by atoms with Crippen LogP contribution in [-0.2, 0) is 31.8 Å². The Bertz CT molecular complexity index is 896. The van der Waals surface area contributed by atoms with Gasteiger partial charge in [0, 0.05) is 0 Å². The number of hydrogen-bond donors (Lipinski definition) is 0. The molecule has 0 spiro atoms. The maximum atomic E-state index is 10.3. The molecular formula is C24H32N2O2ScSi2. The van der Waals surface area contributed by atoms with Crippen molar-refractivity contribution in [1.29, 1.82) is 0 Å². The van der Waals surface area contributed by atoms with E-state index in [2.05, 4.69) is 72.8 Å². The van der Waals surface area contributed by atoms with Crippen LogP contribution in [0.25, 0.3) is 12.2 Å². The molecular weight excluding hydrogens is 449 g/mol. The SMILES string of the molecule is C1=C[CH]([Sc][CH]2C=Cc3ccccc32)c2ccccc21.CN(C)[Si](C)=O.CN(C)[Si](C)=O. The van der Waals surface area contributed by atoms with Crippen LogP contribution in [0.4, 0.5) is 0 Å². The van der Waals surface area contributed by atoms with Crippen LogP contribution in [0.5, 0.6) is 0 Å². The maximum Gasteiger partial charge on any atom is 0.390 e. The first-order chi connectivity index (χ1) is 14.7. The zero-order valence-corrected chi connectivity index (χ0v) is 23.2. The van der Waals surface area contributed by atoms with Crippen molar-refractivity contribution in [3.63, 3.8) is 0 Å². The number of allylic oxidation sites excluding steroid dienone is 2. The molecule has 2 atom stereocenters. The Hall–Kier alpha value is -1.58. The topological polar surface area (TPSA) is 40.6 Å². The van der Waals surface area contributed by atoms with Crippen LogP contribution in [0.2, 0.25) is 13.1 Å². The molecule has 0 heterocycles. The monoisotopic (exact) mass is 481 g/mol. The van der Waals surface area contributed by atoms with Crippen molar-refractivity contribution in [2.24, 2.45) is 0 Å². The predicted octanol–water partition coefficient (Wildman–Crippen LogP) is 4.80. The molecule has 7 heteroatoms. The molecule has 31 heavy (non-hydrogen) atoms. The second-order valence-electron chi connectivity index (χ2n) is 8.05. The summed E-state index contributed by atoms with van der Waals surface area (Å²) in [6.45, 7) is 3.43. The van der Waals surface area contributed by atoms with Crippen molar-refractivity contribution < 1.29 is 31.8 Å². The average Bonchev–Trinajstić information content (AvgIpc) is 3.34. The number of benzene rings is 2. The minimum Gasteiger partial charge on any atom is -0.383 e. The van der Waals surface area contributed by atoms with E-state index in [1.165, 1.54) is 11.1 Å². The van der Waals surface area contributed by atoms with Gasteiger partial charge in [0.05, 0.1) is 0 Å². The Morgan fingerprint density at radius 3 is 1.32 bits per heavy atom. The number of hydrogen-bond acceptors (Lipinski definition) is 2. The van der Waals surface area contributed by atoms with Crippen molar-refractivity contribution >= 4 is 29.8 Å². The molecule has 0 N–H and O–H groups in total. The van der Waals surface area contributed by atoms with E-state index >= 15 is 0 Å². The van der Waals surface area contributed by atoms with Gasteiger partial charge in [0.2, 0.25) is 0 Å². The molecule has 4 nitrogen and oxygen atoms in total. The third kappa shape index (κ3) is 7.81. The Labute approximate surface area is 201 Å². The van der Waals surface area contributed by atoms with Gasteiger partial charge >= 0.3 is 143 Å². The van der Waals surface area contributed by atoms with Crippen molar-refractivity contribution in [1.82, 2.24) is 9.13 Å². The molecule has 0 bridgehead atoms. The molecule has 0 aromatic heterocycles. The zero-order chi connectivity index (χ0) is 23.0. The van der Waals surface area contributed by atoms with E-state index in [1.807, 2.05) is 0 Å². The molecule has 0 aliphatic heterocycles. The Balaban J connectivity index is 0.000000238. The van der Waals surface area contributed by atoms with Crippen molar-refractivity contribution in [3.8, 4) is 0 Å². The van der Waals surface area contributed by atoms with Gasteiger partial charge in [0.15, 0.2) is 0 Å². The van der Waals surface area contributed by atoms with Gasteiger partial charge in [-0.05, 0) is 41.3 Å². The van der Waals surface area contributed by atoms with Crippen LogP contribution in [0, 0.1) is 0 Å². The summed E-state index contributed by atoms with van der Waals surface area (Å²) in [4.78, 5) is 0. The molecule has 0 saturated heterocycles. The fourth-order valence-corrected chi connectivity index (χ4v) is 6.15. The first-order valence-corrected chi connectivity index (χ1v) is 16.2.